The van der Waals surface area contributed by atoms with Gasteiger partial charge in [-0.05, 0) is 36.8 Å². The summed E-state index contributed by atoms with van der Waals surface area (Å²) in [4.78, 5) is 13.8. The number of carbonyl (C=O) groups excluding carboxylic acids is 1. The van der Waals surface area contributed by atoms with E-state index < -0.39 is 0 Å². The number of rotatable bonds is 4. The first-order valence-corrected chi connectivity index (χ1v) is 6.58. The van der Waals surface area contributed by atoms with E-state index in [4.69, 9.17) is 5.41 Å². The molecular weight excluding hydrogens is 214 g/mol. The zero-order valence-electron chi connectivity index (χ0n) is 11.2. The molecule has 1 aliphatic heterocycles. The summed E-state index contributed by atoms with van der Waals surface area (Å²) in [7, 11) is 0. The lowest BCUT2D eigenvalue weighted by Gasteiger charge is -2.39. The van der Waals surface area contributed by atoms with Crippen molar-refractivity contribution in [2.75, 3.05) is 19.6 Å². The summed E-state index contributed by atoms with van der Waals surface area (Å²) in [6.07, 6.45) is 3.04. The summed E-state index contributed by atoms with van der Waals surface area (Å²) in [6, 6.07) is 0.0319. The van der Waals surface area contributed by atoms with Gasteiger partial charge in [0.15, 0.2) is 0 Å². The highest BCUT2D eigenvalue weighted by atomic mass is 16.2. The Bertz CT molecular complexity index is 265. The highest BCUT2D eigenvalue weighted by Crippen LogP contribution is 2.28. The molecule has 1 fully saturated rings. The molecule has 17 heavy (non-hydrogen) atoms. The van der Waals surface area contributed by atoms with Gasteiger partial charge in [-0.1, -0.05) is 20.8 Å². The van der Waals surface area contributed by atoms with Crippen molar-refractivity contribution in [2.24, 2.45) is 17.8 Å². The Balaban J connectivity index is 2.44. The summed E-state index contributed by atoms with van der Waals surface area (Å²) in [5.74, 6) is 1.94. The summed E-state index contributed by atoms with van der Waals surface area (Å²) in [5, 5.41) is 9.78. The molecule has 0 aromatic heterocycles. The van der Waals surface area contributed by atoms with Crippen molar-refractivity contribution >= 4 is 12.2 Å². The zero-order chi connectivity index (χ0) is 12.8. The predicted molar refractivity (Wildman–Crippen MR) is 70.5 cm³/mol. The molecule has 2 amide bonds. The van der Waals surface area contributed by atoms with Gasteiger partial charge in [-0.3, -0.25) is 0 Å². The van der Waals surface area contributed by atoms with E-state index in [1.807, 2.05) is 4.90 Å². The molecule has 0 aromatic rings. The Hall–Kier alpha value is -1.06. The molecule has 0 saturated carbocycles. The maximum absolute atomic E-state index is 11.9. The van der Waals surface area contributed by atoms with Crippen molar-refractivity contribution in [1.29, 1.82) is 5.41 Å². The van der Waals surface area contributed by atoms with E-state index in [9.17, 15) is 4.79 Å². The first-order chi connectivity index (χ1) is 8.06. The van der Waals surface area contributed by atoms with Gasteiger partial charge in [0.05, 0.1) is 0 Å². The molecule has 1 aliphatic rings. The number of nitrogens with one attached hydrogen (secondary N) is 2. The molecule has 1 saturated heterocycles. The molecule has 2 N–H and O–H groups in total. The van der Waals surface area contributed by atoms with Crippen LogP contribution in [0.4, 0.5) is 4.79 Å². The van der Waals surface area contributed by atoms with Crippen molar-refractivity contribution in [1.82, 2.24) is 10.2 Å². The van der Waals surface area contributed by atoms with Crippen molar-refractivity contribution in [2.45, 2.75) is 33.6 Å². The minimum atomic E-state index is 0.0319. The summed E-state index contributed by atoms with van der Waals surface area (Å²) < 4.78 is 0. The molecule has 0 bridgehead atoms. The SMILES string of the molecule is CC(C)[C@H]1CN(C(=O)NCCC=N)CC[C@H]1C. The fourth-order valence-electron chi connectivity index (χ4n) is 2.51. The number of likely N-dealkylation sites (tertiary alicyclic amines) is 1. The molecule has 0 aromatic carbocycles. The summed E-state index contributed by atoms with van der Waals surface area (Å²) >= 11 is 0. The minimum absolute atomic E-state index is 0.0319. The Morgan fingerprint density at radius 2 is 2.29 bits per heavy atom. The van der Waals surface area contributed by atoms with Crippen LogP contribution in [0.5, 0.6) is 0 Å². The molecule has 0 spiro atoms. The number of nitrogens with zero attached hydrogens (tertiary/aromatic N) is 1. The van der Waals surface area contributed by atoms with Crippen LogP contribution in [-0.4, -0.2) is 36.8 Å². The lowest BCUT2D eigenvalue weighted by atomic mass is 9.80. The highest BCUT2D eigenvalue weighted by molar-refractivity contribution is 5.74. The second kappa shape index (κ2) is 6.62. The Labute approximate surface area is 104 Å². The molecule has 0 aliphatic carbocycles. The Morgan fingerprint density at radius 1 is 1.59 bits per heavy atom. The number of amides is 2. The van der Waals surface area contributed by atoms with Crippen LogP contribution in [0.15, 0.2) is 0 Å². The molecule has 4 nitrogen and oxygen atoms in total. The van der Waals surface area contributed by atoms with E-state index in [-0.39, 0.29) is 6.03 Å². The van der Waals surface area contributed by atoms with Crippen LogP contribution in [0.1, 0.15) is 33.6 Å². The normalized spacial score (nSPS) is 24.8. The Morgan fingerprint density at radius 3 is 2.88 bits per heavy atom. The molecule has 0 unspecified atom stereocenters. The van der Waals surface area contributed by atoms with Gasteiger partial charge in [-0.2, -0.15) is 0 Å². The first kappa shape index (κ1) is 14.0. The van der Waals surface area contributed by atoms with Crippen LogP contribution in [-0.2, 0) is 0 Å². The number of carbonyl (C=O) groups is 1. The van der Waals surface area contributed by atoms with Gasteiger partial charge in [0, 0.05) is 19.6 Å². The van der Waals surface area contributed by atoms with Crippen LogP contribution < -0.4 is 5.32 Å². The third-order valence-electron chi connectivity index (χ3n) is 3.72. The van der Waals surface area contributed by atoms with Crippen molar-refractivity contribution in [3.05, 3.63) is 0 Å². The van der Waals surface area contributed by atoms with Gasteiger partial charge in [-0.15, -0.1) is 0 Å². The highest BCUT2D eigenvalue weighted by Gasteiger charge is 2.30. The standard InChI is InChI=1S/C13H25N3O/c1-10(2)12-9-16(8-5-11(12)3)13(17)15-7-4-6-14/h6,10-12,14H,4-5,7-9H2,1-3H3,(H,15,17)/t11-,12-/m1/s1. The third-order valence-corrected chi connectivity index (χ3v) is 3.72. The van der Waals surface area contributed by atoms with Gasteiger partial charge < -0.3 is 15.6 Å². The summed E-state index contributed by atoms with van der Waals surface area (Å²) in [6.45, 7) is 9.06. The predicted octanol–water partition coefficient (Wildman–Crippen LogP) is 2.35. The van der Waals surface area contributed by atoms with E-state index in [1.54, 1.807) is 0 Å². The van der Waals surface area contributed by atoms with E-state index >= 15 is 0 Å². The van der Waals surface area contributed by atoms with Crippen molar-refractivity contribution < 1.29 is 4.79 Å². The molecular formula is C13H25N3O. The van der Waals surface area contributed by atoms with Crippen molar-refractivity contribution in [3.8, 4) is 0 Å². The molecule has 98 valence electrons. The third kappa shape index (κ3) is 4.02. The van der Waals surface area contributed by atoms with Crippen LogP contribution in [0.2, 0.25) is 0 Å². The van der Waals surface area contributed by atoms with Crippen LogP contribution in [0, 0.1) is 23.2 Å². The average Bonchev–Trinajstić information content (AvgIpc) is 2.29. The Kier molecular flexibility index (Phi) is 5.45. The molecule has 0 radical (unpaired) electrons. The first-order valence-electron chi connectivity index (χ1n) is 6.58. The molecule has 1 rings (SSSR count). The second-order valence-electron chi connectivity index (χ2n) is 5.34. The molecule has 2 atom stereocenters. The minimum Gasteiger partial charge on any atom is -0.338 e. The lowest BCUT2D eigenvalue weighted by Crippen LogP contribution is -2.48. The quantitative estimate of drug-likeness (QED) is 0.574. The van der Waals surface area contributed by atoms with Crippen molar-refractivity contribution in [3.63, 3.8) is 0 Å². The smallest absolute Gasteiger partial charge is 0.317 e. The van der Waals surface area contributed by atoms with Gasteiger partial charge in [0.1, 0.15) is 0 Å². The van der Waals surface area contributed by atoms with Gasteiger partial charge in [0.25, 0.3) is 0 Å². The van der Waals surface area contributed by atoms with E-state index in [1.165, 1.54) is 6.21 Å². The molecule has 4 heteroatoms. The van der Waals surface area contributed by atoms with E-state index in [0.29, 0.717) is 30.7 Å². The summed E-state index contributed by atoms with van der Waals surface area (Å²) in [5.41, 5.74) is 0. The monoisotopic (exact) mass is 239 g/mol. The maximum Gasteiger partial charge on any atom is 0.317 e. The van der Waals surface area contributed by atoms with Crippen LogP contribution in [0.3, 0.4) is 0 Å². The molecule has 1 heterocycles. The van der Waals surface area contributed by atoms with E-state index in [2.05, 4.69) is 26.1 Å². The number of piperidine rings is 1. The van der Waals surface area contributed by atoms with Crippen LogP contribution >= 0.6 is 0 Å². The fourth-order valence-corrected chi connectivity index (χ4v) is 2.51. The van der Waals surface area contributed by atoms with Gasteiger partial charge in [0.2, 0.25) is 0 Å². The lowest BCUT2D eigenvalue weighted by molar-refractivity contribution is 0.113. The topological polar surface area (TPSA) is 56.2 Å². The fraction of sp³-hybridized carbons (Fsp3) is 0.846. The zero-order valence-corrected chi connectivity index (χ0v) is 11.2. The number of hydrogen-bond donors (Lipinski definition) is 2. The second-order valence-corrected chi connectivity index (χ2v) is 5.34. The number of urea groups is 1. The van der Waals surface area contributed by atoms with Crippen LogP contribution in [0.25, 0.3) is 0 Å². The van der Waals surface area contributed by atoms with Gasteiger partial charge >= 0.3 is 6.03 Å². The van der Waals surface area contributed by atoms with E-state index in [0.717, 1.165) is 19.5 Å². The largest absolute Gasteiger partial charge is 0.338 e. The number of hydrogen-bond acceptors (Lipinski definition) is 2. The maximum atomic E-state index is 11.9. The van der Waals surface area contributed by atoms with Gasteiger partial charge in [-0.25, -0.2) is 4.79 Å². The average molecular weight is 239 g/mol.